The van der Waals surface area contributed by atoms with E-state index < -0.39 is 18.0 Å². The van der Waals surface area contributed by atoms with Crippen molar-refractivity contribution in [3.05, 3.63) is 53.6 Å². The van der Waals surface area contributed by atoms with E-state index in [0.717, 1.165) is 11.1 Å². The Labute approximate surface area is 145 Å². The van der Waals surface area contributed by atoms with E-state index in [-0.39, 0.29) is 13.2 Å². The van der Waals surface area contributed by atoms with Crippen molar-refractivity contribution in [2.24, 2.45) is 0 Å². The predicted molar refractivity (Wildman–Crippen MR) is 91.6 cm³/mol. The van der Waals surface area contributed by atoms with Crippen LogP contribution in [0.3, 0.4) is 0 Å². The number of carbonyl (C=O) groups excluding carboxylic acids is 2. The van der Waals surface area contributed by atoms with E-state index in [9.17, 15) is 9.59 Å². The first-order valence-electron chi connectivity index (χ1n) is 7.97. The number of nitrogens with one attached hydrogen (secondary N) is 1. The number of hydrogen-bond acceptors (Lipinski definition) is 5. The lowest BCUT2D eigenvalue weighted by atomic mass is 10.1. The summed E-state index contributed by atoms with van der Waals surface area (Å²) < 4.78 is 15.7. The molecule has 1 aliphatic rings. The van der Waals surface area contributed by atoms with Crippen molar-refractivity contribution in [2.45, 2.75) is 26.4 Å². The minimum absolute atomic E-state index is 0.127. The molecule has 2 aromatic rings. The Hall–Kier alpha value is -3.02. The van der Waals surface area contributed by atoms with Crippen molar-refractivity contribution < 1.29 is 23.8 Å². The molecule has 6 heteroatoms. The molecule has 1 N–H and O–H groups in total. The summed E-state index contributed by atoms with van der Waals surface area (Å²) in [5, 5.41) is 2.70. The zero-order valence-corrected chi connectivity index (χ0v) is 14.1. The minimum Gasteiger partial charge on any atom is -0.454 e. The first-order chi connectivity index (χ1) is 12.0. The number of rotatable bonds is 5. The molecule has 0 fully saturated rings. The van der Waals surface area contributed by atoms with Gasteiger partial charge in [-0.2, -0.15) is 0 Å². The first kappa shape index (κ1) is 16.8. The van der Waals surface area contributed by atoms with E-state index >= 15 is 0 Å². The second-order valence-electron chi connectivity index (χ2n) is 5.85. The molecule has 0 bridgehead atoms. The molecule has 0 aliphatic carbocycles. The van der Waals surface area contributed by atoms with Gasteiger partial charge >= 0.3 is 5.97 Å². The molecule has 2 aromatic carbocycles. The van der Waals surface area contributed by atoms with Gasteiger partial charge in [-0.25, -0.2) is 0 Å². The lowest BCUT2D eigenvalue weighted by Gasteiger charge is -2.14. The van der Waals surface area contributed by atoms with Crippen LogP contribution < -0.4 is 14.8 Å². The van der Waals surface area contributed by atoms with Crippen molar-refractivity contribution in [1.29, 1.82) is 0 Å². The highest BCUT2D eigenvalue weighted by Gasteiger charge is 2.20. The van der Waals surface area contributed by atoms with Crippen molar-refractivity contribution in [3.63, 3.8) is 0 Å². The van der Waals surface area contributed by atoms with E-state index in [1.54, 1.807) is 18.2 Å². The van der Waals surface area contributed by atoms with Crippen LogP contribution in [-0.2, 0) is 20.7 Å². The number of hydrogen-bond donors (Lipinski definition) is 1. The third kappa shape index (κ3) is 4.29. The smallest absolute Gasteiger partial charge is 0.311 e. The Bertz CT molecular complexity index is 785. The zero-order chi connectivity index (χ0) is 17.8. The maximum atomic E-state index is 12.2. The summed E-state index contributed by atoms with van der Waals surface area (Å²) in [5.74, 6) is 0.353. The third-order valence-corrected chi connectivity index (χ3v) is 3.79. The fraction of sp³-hybridized carbons (Fsp3) is 0.263. The lowest BCUT2D eigenvalue weighted by molar-refractivity contribution is -0.152. The predicted octanol–water partition coefficient (Wildman–Crippen LogP) is 2.84. The molecular formula is C19H19NO5. The van der Waals surface area contributed by atoms with Crippen LogP contribution in [-0.4, -0.2) is 24.8 Å². The Morgan fingerprint density at radius 3 is 2.60 bits per heavy atom. The number of fused-ring (bicyclic) bond motifs is 1. The molecule has 1 amide bonds. The summed E-state index contributed by atoms with van der Waals surface area (Å²) in [6.45, 7) is 3.68. The summed E-state index contributed by atoms with van der Waals surface area (Å²) >= 11 is 0. The van der Waals surface area contributed by atoms with Crippen LogP contribution in [0.1, 0.15) is 18.1 Å². The number of anilines is 1. The van der Waals surface area contributed by atoms with E-state index in [2.05, 4.69) is 5.32 Å². The lowest BCUT2D eigenvalue weighted by Crippen LogP contribution is -2.30. The highest BCUT2D eigenvalue weighted by molar-refractivity contribution is 5.95. The largest absolute Gasteiger partial charge is 0.454 e. The van der Waals surface area contributed by atoms with Crippen LogP contribution >= 0.6 is 0 Å². The molecule has 1 heterocycles. The number of esters is 1. The molecular weight excluding hydrogens is 322 g/mol. The highest BCUT2D eigenvalue weighted by Crippen LogP contribution is 2.34. The third-order valence-electron chi connectivity index (χ3n) is 3.79. The Kier molecular flexibility index (Phi) is 4.88. The molecule has 130 valence electrons. The molecule has 0 spiro atoms. The van der Waals surface area contributed by atoms with Crippen molar-refractivity contribution in [3.8, 4) is 11.5 Å². The Morgan fingerprint density at radius 1 is 1.12 bits per heavy atom. The molecule has 0 unspecified atom stereocenters. The number of carbonyl (C=O) groups is 2. The normalized spacial score (nSPS) is 13.2. The minimum atomic E-state index is -0.900. The molecule has 1 aliphatic heterocycles. The van der Waals surface area contributed by atoms with Gasteiger partial charge in [-0.15, -0.1) is 0 Å². The van der Waals surface area contributed by atoms with Crippen molar-refractivity contribution in [1.82, 2.24) is 0 Å². The van der Waals surface area contributed by atoms with Crippen molar-refractivity contribution in [2.75, 3.05) is 12.1 Å². The fourth-order valence-corrected chi connectivity index (χ4v) is 2.38. The highest BCUT2D eigenvalue weighted by atomic mass is 16.7. The van der Waals surface area contributed by atoms with Crippen LogP contribution in [0.15, 0.2) is 42.5 Å². The summed E-state index contributed by atoms with van der Waals surface area (Å²) in [7, 11) is 0. The first-order valence-corrected chi connectivity index (χ1v) is 7.97. The fourth-order valence-electron chi connectivity index (χ4n) is 2.38. The van der Waals surface area contributed by atoms with E-state index in [1.807, 2.05) is 31.2 Å². The number of amides is 1. The Balaban J connectivity index is 1.53. The standard InChI is InChI=1S/C19H19NO5/c1-12-3-5-14(6-4-12)9-18(21)25-13(2)19(22)20-15-7-8-16-17(10-15)24-11-23-16/h3-8,10,13H,9,11H2,1-2H3,(H,20,22)/t13-/m0/s1. The number of benzene rings is 2. The summed E-state index contributed by atoms with van der Waals surface area (Å²) in [4.78, 5) is 24.2. The van der Waals surface area contributed by atoms with Gasteiger partial charge in [0, 0.05) is 11.8 Å². The number of ether oxygens (including phenoxy) is 3. The average Bonchev–Trinajstić information content (AvgIpc) is 3.04. The molecule has 0 radical (unpaired) electrons. The molecule has 3 rings (SSSR count). The van der Waals surface area contributed by atoms with Crippen LogP contribution in [0.5, 0.6) is 11.5 Å². The Morgan fingerprint density at radius 2 is 1.84 bits per heavy atom. The zero-order valence-electron chi connectivity index (χ0n) is 14.1. The average molecular weight is 341 g/mol. The van der Waals surface area contributed by atoms with Crippen molar-refractivity contribution >= 4 is 17.6 Å². The van der Waals surface area contributed by atoms with Gasteiger partial charge in [0.1, 0.15) is 0 Å². The maximum Gasteiger partial charge on any atom is 0.311 e. The van der Waals surface area contributed by atoms with Gasteiger partial charge in [0.05, 0.1) is 6.42 Å². The van der Waals surface area contributed by atoms with Gasteiger partial charge in [0.2, 0.25) is 6.79 Å². The molecule has 1 atom stereocenters. The van der Waals surface area contributed by atoms with Crippen LogP contribution in [0.25, 0.3) is 0 Å². The molecule has 0 saturated carbocycles. The van der Waals surface area contributed by atoms with Crippen LogP contribution in [0.2, 0.25) is 0 Å². The van der Waals surface area contributed by atoms with Gasteiger partial charge < -0.3 is 19.5 Å². The van der Waals surface area contributed by atoms with E-state index in [1.165, 1.54) is 6.92 Å². The second kappa shape index (κ2) is 7.25. The van der Waals surface area contributed by atoms with Gasteiger partial charge in [0.15, 0.2) is 17.6 Å². The molecule has 6 nitrogen and oxygen atoms in total. The topological polar surface area (TPSA) is 73.9 Å². The van der Waals surface area contributed by atoms with Gasteiger partial charge in [-0.05, 0) is 31.5 Å². The van der Waals surface area contributed by atoms with Crippen LogP contribution in [0, 0.1) is 6.92 Å². The molecule has 0 saturated heterocycles. The number of aryl methyl sites for hydroxylation is 1. The molecule has 25 heavy (non-hydrogen) atoms. The molecule has 0 aromatic heterocycles. The van der Waals surface area contributed by atoms with Gasteiger partial charge in [-0.1, -0.05) is 29.8 Å². The quantitative estimate of drug-likeness (QED) is 0.847. The summed E-state index contributed by atoms with van der Waals surface area (Å²) in [5.41, 5.74) is 2.52. The van der Waals surface area contributed by atoms with E-state index in [4.69, 9.17) is 14.2 Å². The summed E-state index contributed by atoms with van der Waals surface area (Å²) in [6, 6.07) is 12.7. The second-order valence-corrected chi connectivity index (χ2v) is 5.85. The maximum absolute atomic E-state index is 12.2. The van der Waals surface area contributed by atoms with Crippen LogP contribution in [0.4, 0.5) is 5.69 Å². The van der Waals surface area contributed by atoms with E-state index in [0.29, 0.717) is 17.2 Å². The van der Waals surface area contributed by atoms with Gasteiger partial charge in [-0.3, -0.25) is 9.59 Å². The summed E-state index contributed by atoms with van der Waals surface area (Å²) in [6.07, 6.45) is -0.773. The van der Waals surface area contributed by atoms with Gasteiger partial charge in [0.25, 0.3) is 5.91 Å². The SMILES string of the molecule is Cc1ccc(CC(=O)O[C@@H](C)C(=O)Nc2ccc3c(c2)OCO3)cc1. The monoisotopic (exact) mass is 341 g/mol.